The molecule has 0 aliphatic carbocycles. The molecule has 7 nitrogen and oxygen atoms in total. The Balaban J connectivity index is 0.00000300. The quantitative estimate of drug-likeness (QED) is 0.641. The van der Waals surface area contributed by atoms with Gasteiger partial charge < -0.3 is 26.4 Å². The zero-order valence-electron chi connectivity index (χ0n) is 16.1. The van der Waals surface area contributed by atoms with E-state index in [0.717, 1.165) is 18.4 Å². The number of amides is 3. The first-order valence-corrected chi connectivity index (χ1v) is 9.45. The first-order chi connectivity index (χ1) is 13.6. The molecule has 0 aromatic heterocycles. The smallest absolute Gasteiger partial charge is 0.312 e. The second-order valence-corrected chi connectivity index (χ2v) is 6.87. The Morgan fingerprint density at radius 2 is 1.86 bits per heavy atom. The largest absolute Gasteiger partial charge is 0.457 e. The minimum Gasteiger partial charge on any atom is -0.457 e. The Hall–Kier alpha value is -2.77. The van der Waals surface area contributed by atoms with Crippen molar-refractivity contribution in [3.8, 4) is 11.5 Å². The monoisotopic (exact) mass is 418 g/mol. The number of hydrogen-bond acceptors (Lipinski definition) is 4. The van der Waals surface area contributed by atoms with Crippen LogP contribution in [0.1, 0.15) is 30.9 Å². The summed E-state index contributed by atoms with van der Waals surface area (Å²) in [4.78, 5) is 26.1. The third-order valence-electron chi connectivity index (χ3n) is 4.90. The molecule has 8 heteroatoms. The highest BCUT2D eigenvalue weighted by molar-refractivity contribution is 5.85. The van der Waals surface area contributed by atoms with Crippen LogP contribution >= 0.6 is 12.4 Å². The van der Waals surface area contributed by atoms with E-state index in [4.69, 9.17) is 16.2 Å². The van der Waals surface area contributed by atoms with Gasteiger partial charge in [-0.3, -0.25) is 4.79 Å². The molecule has 5 N–H and O–H groups in total. The van der Waals surface area contributed by atoms with E-state index in [9.17, 15) is 9.59 Å². The Kier molecular flexibility index (Phi) is 8.30. The lowest BCUT2D eigenvalue weighted by atomic mass is 10.0. The topological polar surface area (TPSA) is 111 Å². The van der Waals surface area contributed by atoms with Crippen LogP contribution in [0.25, 0.3) is 0 Å². The highest BCUT2D eigenvalue weighted by Gasteiger charge is 2.29. The third-order valence-corrected chi connectivity index (χ3v) is 4.90. The summed E-state index contributed by atoms with van der Waals surface area (Å²) in [5.74, 6) is 1.28. The third kappa shape index (κ3) is 6.10. The molecule has 156 valence electrons. The van der Waals surface area contributed by atoms with E-state index in [0.29, 0.717) is 24.6 Å². The normalized spacial score (nSPS) is 16.6. The number of nitrogens with one attached hydrogen (secondary N) is 1. The lowest BCUT2D eigenvalue weighted by Crippen LogP contribution is -2.42. The second kappa shape index (κ2) is 10.7. The molecule has 0 bridgehead atoms. The summed E-state index contributed by atoms with van der Waals surface area (Å²) in [7, 11) is 0. The van der Waals surface area contributed by atoms with Gasteiger partial charge in [0.05, 0.1) is 12.5 Å². The average Bonchev–Trinajstić information content (AvgIpc) is 3.17. The summed E-state index contributed by atoms with van der Waals surface area (Å²) in [6, 6.07) is 15.6. The molecule has 0 spiro atoms. The minimum atomic E-state index is -0.677. The Morgan fingerprint density at radius 1 is 1.14 bits per heavy atom. The predicted octanol–water partition coefficient (Wildman–Crippen LogP) is 2.95. The molecule has 2 unspecified atom stereocenters. The number of primary amides is 1. The van der Waals surface area contributed by atoms with E-state index in [1.54, 1.807) is 4.90 Å². The number of likely N-dealkylation sites (tertiary alicyclic amines) is 1. The van der Waals surface area contributed by atoms with Crippen LogP contribution in [-0.2, 0) is 4.79 Å². The molecule has 0 saturated carbocycles. The van der Waals surface area contributed by atoms with Crippen LogP contribution in [0.3, 0.4) is 0 Å². The number of urea groups is 1. The van der Waals surface area contributed by atoms with E-state index in [1.807, 2.05) is 54.6 Å². The molecule has 0 radical (unpaired) electrons. The number of carbonyl (C=O) groups is 2. The minimum absolute atomic E-state index is 0. The lowest BCUT2D eigenvalue weighted by molar-refractivity contribution is -0.132. The molecule has 3 amide bonds. The fraction of sp³-hybridized carbons (Fsp3) is 0.333. The Morgan fingerprint density at radius 3 is 2.55 bits per heavy atom. The van der Waals surface area contributed by atoms with E-state index < -0.39 is 12.1 Å². The molecule has 3 rings (SSSR count). The van der Waals surface area contributed by atoms with Gasteiger partial charge >= 0.3 is 6.03 Å². The van der Waals surface area contributed by atoms with Gasteiger partial charge in [0.15, 0.2) is 0 Å². The zero-order chi connectivity index (χ0) is 19.9. The fourth-order valence-electron chi connectivity index (χ4n) is 3.54. The number of ether oxygens (including phenoxy) is 1. The number of nitrogens with two attached hydrogens (primary N) is 2. The molecule has 2 atom stereocenters. The zero-order valence-corrected chi connectivity index (χ0v) is 16.9. The summed E-state index contributed by atoms with van der Waals surface area (Å²) in [6.45, 7) is 1.14. The van der Waals surface area contributed by atoms with Gasteiger partial charge in [-0.2, -0.15) is 0 Å². The fourth-order valence-corrected chi connectivity index (χ4v) is 3.54. The van der Waals surface area contributed by atoms with Crippen molar-refractivity contribution in [2.45, 2.75) is 31.3 Å². The molecular weight excluding hydrogens is 392 g/mol. The first kappa shape index (κ1) is 22.5. The molecule has 1 saturated heterocycles. The second-order valence-electron chi connectivity index (χ2n) is 6.87. The average molecular weight is 419 g/mol. The van der Waals surface area contributed by atoms with Gasteiger partial charge in [0.1, 0.15) is 11.5 Å². The van der Waals surface area contributed by atoms with Crippen molar-refractivity contribution in [3.05, 3.63) is 60.2 Å². The summed E-state index contributed by atoms with van der Waals surface area (Å²) in [6.07, 6.45) is 1.98. The highest BCUT2D eigenvalue weighted by Crippen LogP contribution is 2.27. The highest BCUT2D eigenvalue weighted by atomic mass is 35.5. The van der Waals surface area contributed by atoms with Gasteiger partial charge in [0.2, 0.25) is 5.91 Å². The molecule has 1 heterocycles. The van der Waals surface area contributed by atoms with Gasteiger partial charge in [-0.1, -0.05) is 30.3 Å². The molecular formula is C21H27ClN4O3. The number of rotatable bonds is 7. The Bertz CT molecular complexity index is 819. The molecule has 2 aromatic carbocycles. The van der Waals surface area contributed by atoms with Gasteiger partial charge in [0.25, 0.3) is 0 Å². The molecule has 1 aliphatic heterocycles. The number of hydrogen-bond donors (Lipinski definition) is 3. The summed E-state index contributed by atoms with van der Waals surface area (Å²) in [5.41, 5.74) is 11.9. The van der Waals surface area contributed by atoms with Crippen molar-refractivity contribution >= 4 is 24.3 Å². The maximum absolute atomic E-state index is 12.8. The van der Waals surface area contributed by atoms with Crippen molar-refractivity contribution in [1.82, 2.24) is 10.2 Å². The van der Waals surface area contributed by atoms with Crippen LogP contribution in [0.5, 0.6) is 11.5 Å². The lowest BCUT2D eigenvalue weighted by Gasteiger charge is -2.26. The van der Waals surface area contributed by atoms with Gasteiger partial charge in [0, 0.05) is 19.1 Å². The van der Waals surface area contributed by atoms with E-state index >= 15 is 0 Å². The number of nitrogens with zero attached hydrogens (tertiary/aromatic N) is 1. The first-order valence-electron chi connectivity index (χ1n) is 9.45. The van der Waals surface area contributed by atoms with Gasteiger partial charge in [-0.05, 0) is 42.7 Å². The number of carbonyl (C=O) groups excluding carboxylic acids is 2. The van der Waals surface area contributed by atoms with Crippen molar-refractivity contribution in [1.29, 1.82) is 0 Å². The SMILES string of the molecule is Cl.NCC1CCCN1C(=O)CC(NC(N)=O)c1cccc(Oc2ccccc2)c1. The van der Waals surface area contributed by atoms with Gasteiger partial charge in [-0.15, -0.1) is 12.4 Å². The molecule has 29 heavy (non-hydrogen) atoms. The Labute approximate surface area is 176 Å². The maximum atomic E-state index is 12.8. The van der Waals surface area contributed by atoms with E-state index in [1.165, 1.54) is 0 Å². The van der Waals surface area contributed by atoms with Crippen molar-refractivity contribution < 1.29 is 14.3 Å². The van der Waals surface area contributed by atoms with Crippen LogP contribution in [0.15, 0.2) is 54.6 Å². The van der Waals surface area contributed by atoms with Crippen molar-refractivity contribution in [2.24, 2.45) is 11.5 Å². The van der Waals surface area contributed by atoms with Crippen LogP contribution in [0.2, 0.25) is 0 Å². The number of para-hydroxylation sites is 1. The predicted molar refractivity (Wildman–Crippen MR) is 114 cm³/mol. The van der Waals surface area contributed by atoms with Crippen molar-refractivity contribution in [3.63, 3.8) is 0 Å². The van der Waals surface area contributed by atoms with Crippen LogP contribution in [0.4, 0.5) is 4.79 Å². The van der Waals surface area contributed by atoms with Crippen LogP contribution in [0, 0.1) is 0 Å². The summed E-state index contributed by atoms with van der Waals surface area (Å²) in [5, 5.41) is 2.68. The molecule has 1 fully saturated rings. The molecule has 1 aliphatic rings. The van der Waals surface area contributed by atoms with E-state index in [-0.39, 0.29) is 30.8 Å². The number of halogens is 1. The standard InChI is InChI=1S/C21H26N4O3.ClH/c22-14-16-7-5-11-25(16)20(26)13-19(24-21(23)27)15-6-4-10-18(12-15)28-17-8-2-1-3-9-17;/h1-4,6,8-10,12,16,19H,5,7,11,13-14,22H2,(H3,23,24,27);1H. The summed E-state index contributed by atoms with van der Waals surface area (Å²) >= 11 is 0. The van der Waals surface area contributed by atoms with Crippen LogP contribution < -0.4 is 21.5 Å². The van der Waals surface area contributed by atoms with E-state index in [2.05, 4.69) is 5.32 Å². The summed E-state index contributed by atoms with van der Waals surface area (Å²) < 4.78 is 5.86. The van der Waals surface area contributed by atoms with Crippen molar-refractivity contribution in [2.75, 3.05) is 13.1 Å². The number of benzene rings is 2. The maximum Gasteiger partial charge on any atom is 0.312 e. The van der Waals surface area contributed by atoms with Gasteiger partial charge in [-0.25, -0.2) is 4.79 Å². The molecule has 2 aromatic rings. The van der Waals surface area contributed by atoms with Crippen LogP contribution in [-0.4, -0.2) is 36.0 Å².